The number of nitrogens with zero attached hydrogens (tertiary/aromatic N) is 1. The first kappa shape index (κ1) is 12.4. The number of amides is 1. The van der Waals surface area contributed by atoms with Crippen LogP contribution in [0.25, 0.3) is 0 Å². The molecule has 18 heavy (non-hydrogen) atoms. The van der Waals surface area contributed by atoms with Crippen molar-refractivity contribution in [3.63, 3.8) is 0 Å². The molecule has 2 rings (SSSR count). The fourth-order valence-electron chi connectivity index (χ4n) is 1.72. The zero-order chi connectivity index (χ0) is 13.0. The first-order chi connectivity index (χ1) is 8.70. The molecule has 0 aromatic heterocycles. The number of carbonyl (C=O) groups is 1. The van der Waals surface area contributed by atoms with E-state index in [-0.39, 0.29) is 5.91 Å². The molecule has 0 aliphatic carbocycles. The zero-order valence-electron chi connectivity index (χ0n) is 10.5. The molecule has 1 aromatic rings. The van der Waals surface area contributed by atoms with Crippen molar-refractivity contribution in [1.82, 2.24) is 5.43 Å². The maximum absolute atomic E-state index is 10.9. The molecule has 0 saturated heterocycles. The standard InChI is InChI=1S/C13H16N2O3/c1-3-11(15-14-9(2)16)10-4-5-12-13(8-10)18-7-6-17-12/h4-5,8H,3,6-7H2,1-2H3,(H,14,16)/b15-11-. The number of ether oxygens (including phenoxy) is 2. The number of fused-ring (bicyclic) bond motifs is 1. The second kappa shape index (κ2) is 5.53. The molecular formula is C13H16N2O3. The molecule has 5 nitrogen and oxygen atoms in total. The van der Waals surface area contributed by atoms with Crippen molar-refractivity contribution in [2.24, 2.45) is 5.10 Å². The molecule has 1 N–H and O–H groups in total. The van der Waals surface area contributed by atoms with Gasteiger partial charge in [-0.05, 0) is 24.6 Å². The summed E-state index contributed by atoms with van der Waals surface area (Å²) in [4.78, 5) is 10.9. The number of hydrazone groups is 1. The van der Waals surface area contributed by atoms with E-state index in [0.29, 0.717) is 13.2 Å². The Bertz CT molecular complexity index is 483. The van der Waals surface area contributed by atoms with Crippen LogP contribution in [-0.4, -0.2) is 24.8 Å². The maximum atomic E-state index is 10.9. The molecule has 96 valence electrons. The summed E-state index contributed by atoms with van der Waals surface area (Å²) in [6, 6.07) is 5.67. The maximum Gasteiger partial charge on any atom is 0.236 e. The largest absolute Gasteiger partial charge is 0.486 e. The predicted octanol–water partition coefficient (Wildman–Crippen LogP) is 1.71. The Morgan fingerprint density at radius 1 is 1.33 bits per heavy atom. The van der Waals surface area contributed by atoms with Gasteiger partial charge in [-0.15, -0.1) is 0 Å². The molecule has 1 heterocycles. The smallest absolute Gasteiger partial charge is 0.236 e. The lowest BCUT2D eigenvalue weighted by Crippen LogP contribution is -2.17. The molecule has 0 fully saturated rings. The first-order valence-corrected chi connectivity index (χ1v) is 5.94. The lowest BCUT2D eigenvalue weighted by Gasteiger charge is -2.19. The van der Waals surface area contributed by atoms with Crippen LogP contribution in [0.15, 0.2) is 23.3 Å². The Labute approximate surface area is 106 Å². The van der Waals surface area contributed by atoms with Crippen molar-refractivity contribution in [2.45, 2.75) is 20.3 Å². The van der Waals surface area contributed by atoms with Crippen molar-refractivity contribution >= 4 is 11.6 Å². The van der Waals surface area contributed by atoms with Crippen LogP contribution < -0.4 is 14.9 Å². The van der Waals surface area contributed by atoms with Crippen molar-refractivity contribution in [2.75, 3.05) is 13.2 Å². The van der Waals surface area contributed by atoms with Gasteiger partial charge in [-0.3, -0.25) is 4.79 Å². The Morgan fingerprint density at radius 2 is 2.06 bits per heavy atom. The third kappa shape index (κ3) is 2.80. The summed E-state index contributed by atoms with van der Waals surface area (Å²) in [6.45, 7) is 4.55. The Balaban J connectivity index is 2.26. The normalized spacial score (nSPS) is 14.2. The van der Waals surface area contributed by atoms with Crippen molar-refractivity contribution in [1.29, 1.82) is 0 Å². The number of rotatable bonds is 3. The zero-order valence-corrected chi connectivity index (χ0v) is 10.5. The number of nitrogens with one attached hydrogen (secondary N) is 1. The fraction of sp³-hybridized carbons (Fsp3) is 0.385. The third-order valence-electron chi connectivity index (χ3n) is 2.56. The van der Waals surface area contributed by atoms with Gasteiger partial charge < -0.3 is 9.47 Å². The second-order valence-corrected chi connectivity index (χ2v) is 3.94. The summed E-state index contributed by atoms with van der Waals surface area (Å²) in [5, 5.41) is 4.08. The number of carbonyl (C=O) groups excluding carboxylic acids is 1. The molecule has 0 radical (unpaired) electrons. The molecule has 1 aliphatic heterocycles. The molecule has 1 aliphatic rings. The van der Waals surface area contributed by atoms with Crippen LogP contribution in [0.1, 0.15) is 25.8 Å². The number of benzene rings is 1. The van der Waals surface area contributed by atoms with Gasteiger partial charge in [0.15, 0.2) is 11.5 Å². The summed E-state index contributed by atoms with van der Waals surface area (Å²) in [6.07, 6.45) is 0.722. The summed E-state index contributed by atoms with van der Waals surface area (Å²) in [5.41, 5.74) is 4.19. The Hall–Kier alpha value is -2.04. The quantitative estimate of drug-likeness (QED) is 0.654. The van der Waals surface area contributed by atoms with Crippen LogP contribution in [0.4, 0.5) is 0 Å². The van der Waals surface area contributed by atoms with E-state index in [0.717, 1.165) is 29.2 Å². The molecule has 0 bridgehead atoms. The van der Waals surface area contributed by atoms with E-state index < -0.39 is 0 Å². The van der Waals surface area contributed by atoms with E-state index >= 15 is 0 Å². The minimum absolute atomic E-state index is 0.182. The molecular weight excluding hydrogens is 232 g/mol. The molecule has 5 heteroatoms. The van der Waals surface area contributed by atoms with E-state index in [1.807, 2.05) is 25.1 Å². The molecule has 1 amide bonds. The summed E-state index contributed by atoms with van der Waals surface area (Å²) in [7, 11) is 0. The van der Waals surface area contributed by atoms with Crippen LogP contribution in [0.3, 0.4) is 0 Å². The van der Waals surface area contributed by atoms with Crippen LogP contribution in [0.5, 0.6) is 11.5 Å². The van der Waals surface area contributed by atoms with Gasteiger partial charge >= 0.3 is 0 Å². The van der Waals surface area contributed by atoms with Crippen LogP contribution in [-0.2, 0) is 4.79 Å². The van der Waals surface area contributed by atoms with Gasteiger partial charge in [0.25, 0.3) is 0 Å². The van der Waals surface area contributed by atoms with E-state index in [1.165, 1.54) is 6.92 Å². The van der Waals surface area contributed by atoms with Gasteiger partial charge in [0.2, 0.25) is 5.91 Å². The lowest BCUT2D eigenvalue weighted by atomic mass is 10.1. The summed E-state index contributed by atoms with van der Waals surface area (Å²) >= 11 is 0. The van der Waals surface area contributed by atoms with Gasteiger partial charge in [-0.25, -0.2) is 5.43 Å². The minimum atomic E-state index is -0.182. The molecule has 0 unspecified atom stereocenters. The number of hydrogen-bond donors (Lipinski definition) is 1. The minimum Gasteiger partial charge on any atom is -0.486 e. The van der Waals surface area contributed by atoms with Crippen LogP contribution in [0.2, 0.25) is 0 Å². The topological polar surface area (TPSA) is 59.9 Å². The van der Waals surface area contributed by atoms with Gasteiger partial charge in [-0.2, -0.15) is 5.10 Å². The Kier molecular flexibility index (Phi) is 3.82. The van der Waals surface area contributed by atoms with E-state index in [4.69, 9.17) is 9.47 Å². The molecule has 0 spiro atoms. The summed E-state index contributed by atoms with van der Waals surface area (Å²) < 4.78 is 11.0. The van der Waals surface area contributed by atoms with E-state index in [9.17, 15) is 4.79 Å². The van der Waals surface area contributed by atoms with Crippen molar-refractivity contribution in [3.8, 4) is 11.5 Å². The average Bonchev–Trinajstić information content (AvgIpc) is 2.39. The molecule has 1 aromatic carbocycles. The van der Waals surface area contributed by atoms with Gasteiger partial charge in [0.05, 0.1) is 5.71 Å². The highest BCUT2D eigenvalue weighted by Gasteiger charge is 2.13. The van der Waals surface area contributed by atoms with Crippen LogP contribution in [0, 0.1) is 0 Å². The second-order valence-electron chi connectivity index (χ2n) is 3.94. The highest BCUT2D eigenvalue weighted by molar-refractivity contribution is 6.01. The molecule has 0 saturated carbocycles. The van der Waals surface area contributed by atoms with Crippen LogP contribution >= 0.6 is 0 Å². The highest BCUT2D eigenvalue weighted by atomic mass is 16.6. The first-order valence-electron chi connectivity index (χ1n) is 5.94. The number of hydrogen-bond acceptors (Lipinski definition) is 4. The van der Waals surface area contributed by atoms with Gasteiger partial charge in [-0.1, -0.05) is 6.92 Å². The van der Waals surface area contributed by atoms with E-state index in [1.54, 1.807) is 0 Å². The highest BCUT2D eigenvalue weighted by Crippen LogP contribution is 2.31. The van der Waals surface area contributed by atoms with E-state index in [2.05, 4.69) is 10.5 Å². The van der Waals surface area contributed by atoms with Gasteiger partial charge in [0.1, 0.15) is 13.2 Å². The molecule has 0 atom stereocenters. The average molecular weight is 248 g/mol. The third-order valence-corrected chi connectivity index (χ3v) is 2.56. The monoisotopic (exact) mass is 248 g/mol. The Morgan fingerprint density at radius 3 is 2.72 bits per heavy atom. The van der Waals surface area contributed by atoms with Crippen molar-refractivity contribution in [3.05, 3.63) is 23.8 Å². The summed E-state index contributed by atoms with van der Waals surface area (Å²) in [5.74, 6) is 1.29. The van der Waals surface area contributed by atoms with Crippen molar-refractivity contribution < 1.29 is 14.3 Å². The lowest BCUT2D eigenvalue weighted by molar-refractivity contribution is -0.118. The fourth-order valence-corrected chi connectivity index (χ4v) is 1.72. The predicted molar refractivity (Wildman–Crippen MR) is 68.1 cm³/mol. The van der Waals surface area contributed by atoms with Gasteiger partial charge in [0, 0.05) is 12.5 Å². The SMILES string of the molecule is CC/C(=N/NC(C)=O)c1ccc2c(c1)OCCO2.